The van der Waals surface area contributed by atoms with Crippen molar-refractivity contribution in [3.63, 3.8) is 0 Å². The van der Waals surface area contributed by atoms with Crippen molar-refractivity contribution in [2.75, 3.05) is 12.3 Å². The normalized spacial score (nSPS) is 11.9. The summed E-state index contributed by atoms with van der Waals surface area (Å²) in [7, 11) is -3.61. The lowest BCUT2D eigenvalue weighted by Gasteiger charge is -2.07. The van der Waals surface area contributed by atoms with E-state index >= 15 is 0 Å². The Bertz CT molecular complexity index is 688. The molecule has 2 aromatic heterocycles. The minimum absolute atomic E-state index is 0.0244. The van der Waals surface area contributed by atoms with Gasteiger partial charge in [0.1, 0.15) is 10.7 Å². The molecule has 0 fully saturated rings. The molecule has 2 rings (SSSR count). The summed E-state index contributed by atoms with van der Waals surface area (Å²) >= 11 is 0. The summed E-state index contributed by atoms with van der Waals surface area (Å²) in [6, 6.07) is 1.98. The van der Waals surface area contributed by atoms with Gasteiger partial charge in [-0.25, -0.2) is 13.1 Å². The van der Waals surface area contributed by atoms with Crippen LogP contribution in [-0.2, 0) is 16.6 Å². The number of anilines is 1. The van der Waals surface area contributed by atoms with Gasteiger partial charge in [-0.3, -0.25) is 9.78 Å². The number of aromatic amines is 1. The third-order valence-electron chi connectivity index (χ3n) is 2.86. The van der Waals surface area contributed by atoms with Gasteiger partial charge in [-0.1, -0.05) is 0 Å². The molecular weight excluding hydrogens is 280 g/mol. The number of rotatable bonds is 6. The highest BCUT2D eigenvalue weighted by molar-refractivity contribution is 7.89. The van der Waals surface area contributed by atoms with E-state index in [1.54, 1.807) is 0 Å². The zero-order valence-electron chi connectivity index (χ0n) is 11.4. The predicted octanol–water partition coefficient (Wildman–Crippen LogP) is 0.174. The Balaban J connectivity index is 1.87. The third kappa shape index (κ3) is 3.17. The van der Waals surface area contributed by atoms with E-state index in [2.05, 4.69) is 20.0 Å². The van der Waals surface area contributed by atoms with Crippen LogP contribution in [0.4, 0.5) is 5.82 Å². The minimum atomic E-state index is -3.61. The van der Waals surface area contributed by atoms with Gasteiger partial charge in [-0.05, 0) is 26.3 Å². The van der Waals surface area contributed by atoms with Gasteiger partial charge in [-0.15, -0.1) is 0 Å². The first kappa shape index (κ1) is 14.5. The molecule has 0 aliphatic heterocycles. The summed E-state index contributed by atoms with van der Waals surface area (Å²) in [5.74, 6) is 0.0380. The molecule has 0 atom stereocenters. The maximum atomic E-state index is 11.9. The van der Waals surface area contributed by atoms with Crippen molar-refractivity contribution in [3.05, 3.63) is 23.7 Å². The van der Waals surface area contributed by atoms with E-state index in [0.29, 0.717) is 19.5 Å². The van der Waals surface area contributed by atoms with E-state index < -0.39 is 10.0 Å². The van der Waals surface area contributed by atoms with Crippen LogP contribution >= 0.6 is 0 Å². The number of aromatic nitrogens is 4. The van der Waals surface area contributed by atoms with Crippen molar-refractivity contribution in [1.29, 1.82) is 0 Å². The number of H-pyrrole nitrogens is 1. The molecule has 0 spiro atoms. The average Bonchev–Trinajstić information content (AvgIpc) is 2.91. The molecule has 0 aliphatic rings. The Morgan fingerprint density at radius 2 is 2.20 bits per heavy atom. The second-order valence-corrected chi connectivity index (χ2v) is 6.28. The van der Waals surface area contributed by atoms with Crippen LogP contribution in [0.1, 0.15) is 17.8 Å². The Labute approximate surface area is 117 Å². The Morgan fingerprint density at radius 3 is 2.75 bits per heavy atom. The lowest BCUT2D eigenvalue weighted by Crippen LogP contribution is -2.26. The zero-order valence-corrected chi connectivity index (χ0v) is 12.2. The van der Waals surface area contributed by atoms with Gasteiger partial charge in [0.25, 0.3) is 0 Å². The lowest BCUT2D eigenvalue weighted by atomic mass is 10.4. The van der Waals surface area contributed by atoms with Gasteiger partial charge >= 0.3 is 0 Å². The van der Waals surface area contributed by atoms with Gasteiger partial charge in [0.15, 0.2) is 0 Å². The first-order valence-electron chi connectivity index (χ1n) is 6.20. The summed E-state index contributed by atoms with van der Waals surface area (Å²) in [5, 5.41) is 10.3. The summed E-state index contributed by atoms with van der Waals surface area (Å²) in [6.45, 7) is 4.86. The average molecular weight is 298 g/mol. The van der Waals surface area contributed by atoms with Crippen molar-refractivity contribution in [2.24, 2.45) is 0 Å². The molecule has 0 radical (unpaired) electrons. The monoisotopic (exact) mass is 298 g/mol. The highest BCUT2D eigenvalue weighted by Crippen LogP contribution is 2.13. The molecule has 0 unspecified atom stereocenters. The molecule has 8 nitrogen and oxygen atoms in total. The number of hydrogen-bond acceptors (Lipinski definition) is 5. The summed E-state index contributed by atoms with van der Waals surface area (Å²) in [4.78, 5) is -0.0244. The summed E-state index contributed by atoms with van der Waals surface area (Å²) < 4.78 is 28.2. The third-order valence-corrected chi connectivity index (χ3v) is 4.35. The molecule has 4 N–H and O–H groups in total. The maximum Gasteiger partial charge on any atom is 0.245 e. The molecule has 9 heteroatoms. The lowest BCUT2D eigenvalue weighted by molar-refractivity contribution is 0.544. The fourth-order valence-corrected chi connectivity index (χ4v) is 3.01. The zero-order chi connectivity index (χ0) is 14.8. The minimum Gasteiger partial charge on any atom is -0.383 e. The molecular formula is C11H18N6O2S. The van der Waals surface area contributed by atoms with Gasteiger partial charge in [0.2, 0.25) is 10.0 Å². The van der Waals surface area contributed by atoms with Crippen LogP contribution in [-0.4, -0.2) is 34.9 Å². The van der Waals surface area contributed by atoms with Gasteiger partial charge < -0.3 is 5.73 Å². The van der Waals surface area contributed by atoms with Crippen LogP contribution in [0.3, 0.4) is 0 Å². The van der Waals surface area contributed by atoms with Crippen LogP contribution in [0.15, 0.2) is 17.2 Å². The van der Waals surface area contributed by atoms with Gasteiger partial charge in [-0.2, -0.15) is 10.2 Å². The van der Waals surface area contributed by atoms with E-state index in [-0.39, 0.29) is 10.7 Å². The fourth-order valence-electron chi connectivity index (χ4n) is 1.91. The van der Waals surface area contributed by atoms with E-state index in [0.717, 1.165) is 11.4 Å². The highest BCUT2D eigenvalue weighted by atomic mass is 32.2. The maximum absolute atomic E-state index is 11.9. The first-order valence-corrected chi connectivity index (χ1v) is 7.68. The van der Waals surface area contributed by atoms with Crippen LogP contribution in [0.25, 0.3) is 0 Å². The van der Waals surface area contributed by atoms with E-state index in [9.17, 15) is 8.42 Å². The van der Waals surface area contributed by atoms with Crippen LogP contribution in [0, 0.1) is 13.8 Å². The van der Waals surface area contributed by atoms with E-state index in [4.69, 9.17) is 5.73 Å². The molecule has 20 heavy (non-hydrogen) atoms. The molecule has 0 amide bonds. The number of aryl methyl sites for hydroxylation is 3. The van der Waals surface area contributed by atoms with Crippen molar-refractivity contribution in [1.82, 2.24) is 24.7 Å². The van der Waals surface area contributed by atoms with Crippen LogP contribution in [0.5, 0.6) is 0 Å². The number of nitrogens with two attached hydrogens (primary N) is 1. The Morgan fingerprint density at radius 1 is 1.45 bits per heavy atom. The number of nitrogen functional groups attached to an aromatic ring is 1. The summed E-state index contributed by atoms with van der Waals surface area (Å²) in [6.07, 6.45) is 1.83. The smallest absolute Gasteiger partial charge is 0.245 e. The van der Waals surface area contributed by atoms with Gasteiger partial charge in [0.05, 0.1) is 11.9 Å². The molecule has 2 aromatic rings. The first-order chi connectivity index (χ1) is 9.40. The molecule has 0 bridgehead atoms. The number of nitrogens with zero attached hydrogens (tertiary/aromatic N) is 3. The molecule has 0 saturated heterocycles. The molecule has 110 valence electrons. The quantitative estimate of drug-likeness (QED) is 0.657. The largest absolute Gasteiger partial charge is 0.383 e. The molecule has 2 heterocycles. The summed E-state index contributed by atoms with van der Waals surface area (Å²) in [5.41, 5.74) is 7.51. The number of sulfonamides is 1. The van der Waals surface area contributed by atoms with Crippen molar-refractivity contribution >= 4 is 15.8 Å². The molecule has 0 saturated carbocycles. The predicted molar refractivity (Wildman–Crippen MR) is 74.5 cm³/mol. The van der Waals surface area contributed by atoms with Crippen LogP contribution in [0.2, 0.25) is 0 Å². The van der Waals surface area contributed by atoms with E-state index in [1.165, 1.54) is 6.20 Å². The molecule has 0 aromatic carbocycles. The topological polar surface area (TPSA) is 119 Å². The SMILES string of the molecule is Cc1cc(C)n(CCCNS(=O)(=O)c2cn[nH]c2N)n1. The van der Waals surface area contributed by atoms with Crippen LogP contribution < -0.4 is 10.5 Å². The van der Waals surface area contributed by atoms with Gasteiger partial charge in [0, 0.05) is 18.8 Å². The number of nitrogens with one attached hydrogen (secondary N) is 2. The van der Waals surface area contributed by atoms with Crippen molar-refractivity contribution < 1.29 is 8.42 Å². The Hall–Kier alpha value is -1.87. The highest BCUT2D eigenvalue weighted by Gasteiger charge is 2.18. The molecule has 0 aliphatic carbocycles. The van der Waals surface area contributed by atoms with E-state index in [1.807, 2.05) is 24.6 Å². The fraction of sp³-hybridized carbons (Fsp3) is 0.455. The second-order valence-electron chi connectivity index (χ2n) is 4.55. The Kier molecular flexibility index (Phi) is 4.09. The number of hydrogen-bond donors (Lipinski definition) is 3. The van der Waals surface area contributed by atoms with Crippen molar-refractivity contribution in [2.45, 2.75) is 31.7 Å². The second kappa shape index (κ2) is 5.63. The standard InChI is InChI=1S/C11H18N6O2S/c1-8-6-9(2)17(16-8)5-3-4-14-20(18,19)10-7-13-15-11(10)12/h6-7,14H,3-5H2,1-2H3,(H3,12,13,15). The van der Waals surface area contributed by atoms with Crippen molar-refractivity contribution in [3.8, 4) is 0 Å².